The summed E-state index contributed by atoms with van der Waals surface area (Å²) in [5, 5.41) is 9.69. The van der Waals surface area contributed by atoms with Crippen LogP contribution in [0, 0.1) is 0 Å². The largest absolute Gasteiger partial charge is 0.482 e. The van der Waals surface area contributed by atoms with E-state index < -0.39 is 0 Å². The first-order valence-corrected chi connectivity index (χ1v) is 8.22. The zero-order chi connectivity index (χ0) is 17.6. The minimum atomic E-state index is -0.128. The molecule has 4 rings (SSSR count). The fourth-order valence-electron chi connectivity index (χ4n) is 2.74. The number of ether oxygens (including phenoxy) is 1. The highest BCUT2D eigenvalue weighted by molar-refractivity contribution is 6.37. The number of halogens is 2. The van der Waals surface area contributed by atoms with Crippen LogP contribution in [-0.4, -0.2) is 19.2 Å². The van der Waals surface area contributed by atoms with Crippen molar-refractivity contribution in [3.8, 4) is 5.75 Å². The molecule has 6 nitrogen and oxygen atoms in total. The van der Waals surface area contributed by atoms with Crippen molar-refractivity contribution in [1.82, 2.24) is 19.2 Å². The minimum Gasteiger partial charge on any atom is -0.482 e. The highest BCUT2D eigenvalue weighted by atomic mass is 35.5. The molecule has 0 N–H and O–H groups in total. The van der Waals surface area contributed by atoms with E-state index in [9.17, 15) is 4.79 Å². The van der Waals surface area contributed by atoms with E-state index in [0.717, 1.165) is 5.52 Å². The van der Waals surface area contributed by atoms with Gasteiger partial charge in [-0.05, 0) is 24.3 Å². The van der Waals surface area contributed by atoms with Crippen molar-refractivity contribution in [3.05, 3.63) is 68.7 Å². The maximum atomic E-state index is 12.4. The predicted molar refractivity (Wildman–Crippen MR) is 96.5 cm³/mol. The van der Waals surface area contributed by atoms with Gasteiger partial charge in [-0.15, -0.1) is 10.2 Å². The summed E-state index contributed by atoms with van der Waals surface area (Å²) in [5.74, 6) is 1.36. The van der Waals surface area contributed by atoms with E-state index in [1.165, 1.54) is 4.57 Å². The fourth-order valence-corrected chi connectivity index (χ4v) is 3.25. The molecule has 0 radical (unpaired) electrons. The fraction of sp³-hybridized carbons (Fsp3) is 0.118. The van der Waals surface area contributed by atoms with Gasteiger partial charge in [0.15, 0.2) is 11.6 Å². The van der Waals surface area contributed by atoms with Gasteiger partial charge in [0, 0.05) is 7.05 Å². The van der Waals surface area contributed by atoms with Crippen molar-refractivity contribution in [2.24, 2.45) is 7.05 Å². The molecule has 0 atom stereocenters. The van der Waals surface area contributed by atoms with Gasteiger partial charge in [-0.2, -0.15) is 0 Å². The van der Waals surface area contributed by atoms with Gasteiger partial charge in [0.25, 0.3) is 5.56 Å². The van der Waals surface area contributed by atoms with Crippen LogP contribution in [0.2, 0.25) is 10.0 Å². The molecule has 0 aliphatic heterocycles. The summed E-state index contributed by atoms with van der Waals surface area (Å²) in [6.07, 6.45) is 0. The summed E-state index contributed by atoms with van der Waals surface area (Å²) in [6, 6.07) is 12.4. The normalized spacial score (nSPS) is 11.3. The molecule has 2 heterocycles. The van der Waals surface area contributed by atoms with Crippen molar-refractivity contribution in [1.29, 1.82) is 0 Å². The maximum absolute atomic E-state index is 12.4. The third-order valence-electron chi connectivity index (χ3n) is 3.96. The highest BCUT2D eigenvalue weighted by Gasteiger charge is 2.16. The van der Waals surface area contributed by atoms with Crippen molar-refractivity contribution < 1.29 is 4.74 Å². The number of aryl methyl sites for hydroxylation is 1. The zero-order valence-electron chi connectivity index (χ0n) is 13.1. The third-order valence-corrected chi connectivity index (χ3v) is 4.55. The first-order chi connectivity index (χ1) is 12.1. The molecule has 0 unspecified atom stereocenters. The number of benzene rings is 2. The van der Waals surface area contributed by atoms with Crippen LogP contribution in [0.4, 0.5) is 0 Å². The van der Waals surface area contributed by atoms with E-state index in [4.69, 9.17) is 27.9 Å². The van der Waals surface area contributed by atoms with Crippen molar-refractivity contribution in [2.75, 3.05) is 0 Å². The Hall–Kier alpha value is -2.57. The van der Waals surface area contributed by atoms with Gasteiger partial charge in [-0.3, -0.25) is 13.8 Å². The summed E-state index contributed by atoms with van der Waals surface area (Å²) in [5.41, 5.74) is 0.589. The van der Waals surface area contributed by atoms with Gasteiger partial charge in [-0.1, -0.05) is 41.4 Å². The molecule has 8 heteroatoms. The Labute approximate surface area is 152 Å². The first kappa shape index (κ1) is 15.9. The Bertz CT molecular complexity index is 1150. The molecule has 126 valence electrons. The molecule has 0 saturated carbocycles. The summed E-state index contributed by atoms with van der Waals surface area (Å²) >= 11 is 12.3. The second kappa shape index (κ2) is 6.06. The van der Waals surface area contributed by atoms with E-state index in [1.54, 1.807) is 35.7 Å². The highest BCUT2D eigenvalue weighted by Crippen LogP contribution is 2.32. The molecular weight excluding hydrogens is 363 g/mol. The topological polar surface area (TPSA) is 61.4 Å². The lowest BCUT2D eigenvalue weighted by Crippen LogP contribution is -2.20. The Balaban J connectivity index is 1.85. The van der Waals surface area contributed by atoms with Gasteiger partial charge >= 0.3 is 0 Å². The summed E-state index contributed by atoms with van der Waals surface area (Å²) in [4.78, 5) is 12.4. The Morgan fingerprint density at radius 3 is 2.52 bits per heavy atom. The Kier molecular flexibility index (Phi) is 3.86. The molecule has 0 aliphatic carbocycles. The van der Waals surface area contributed by atoms with Crippen LogP contribution in [0.25, 0.3) is 16.7 Å². The first-order valence-electron chi connectivity index (χ1n) is 7.46. The quantitative estimate of drug-likeness (QED) is 0.550. The number of rotatable bonds is 3. The second-order valence-electron chi connectivity index (χ2n) is 5.47. The zero-order valence-corrected chi connectivity index (χ0v) is 14.6. The van der Waals surface area contributed by atoms with Crippen LogP contribution in [0.15, 0.2) is 47.3 Å². The molecule has 0 amide bonds. The predicted octanol–water partition coefficient (Wildman–Crippen LogP) is 3.47. The maximum Gasteiger partial charge on any atom is 0.262 e. The van der Waals surface area contributed by atoms with Gasteiger partial charge in [0.05, 0.1) is 20.9 Å². The van der Waals surface area contributed by atoms with Crippen LogP contribution in [-0.2, 0) is 13.7 Å². The van der Waals surface area contributed by atoms with Gasteiger partial charge < -0.3 is 4.74 Å². The van der Waals surface area contributed by atoms with E-state index >= 15 is 0 Å². The van der Waals surface area contributed by atoms with Crippen LogP contribution >= 0.6 is 23.2 Å². The van der Waals surface area contributed by atoms with E-state index in [2.05, 4.69) is 10.2 Å². The molecule has 0 saturated heterocycles. The van der Waals surface area contributed by atoms with Gasteiger partial charge in [0.1, 0.15) is 6.61 Å². The number of hydrogen-bond acceptors (Lipinski definition) is 4. The number of nitrogens with zero attached hydrogens (tertiary/aromatic N) is 4. The monoisotopic (exact) mass is 374 g/mol. The molecule has 0 bridgehead atoms. The SMILES string of the molecule is Cn1c(=O)c2ccccc2n2c(COc3c(Cl)cccc3Cl)nnc12. The smallest absolute Gasteiger partial charge is 0.262 e. The van der Waals surface area contributed by atoms with Crippen LogP contribution < -0.4 is 10.3 Å². The minimum absolute atomic E-state index is 0.104. The van der Waals surface area contributed by atoms with E-state index in [-0.39, 0.29) is 12.2 Å². The number of fused-ring (bicyclic) bond motifs is 3. The molecule has 2 aromatic carbocycles. The lowest BCUT2D eigenvalue weighted by molar-refractivity contribution is 0.295. The van der Waals surface area contributed by atoms with E-state index in [1.807, 2.05) is 18.2 Å². The van der Waals surface area contributed by atoms with E-state index in [0.29, 0.717) is 32.8 Å². The lowest BCUT2D eigenvalue weighted by atomic mass is 10.2. The molecule has 2 aromatic heterocycles. The lowest BCUT2D eigenvalue weighted by Gasteiger charge is -2.10. The van der Waals surface area contributed by atoms with Gasteiger partial charge in [-0.25, -0.2) is 0 Å². The molecule has 0 fully saturated rings. The van der Waals surface area contributed by atoms with Crippen molar-refractivity contribution in [2.45, 2.75) is 6.61 Å². The van der Waals surface area contributed by atoms with Crippen LogP contribution in [0.5, 0.6) is 5.75 Å². The number of hydrogen-bond donors (Lipinski definition) is 0. The molecular formula is C17H12Cl2N4O2. The van der Waals surface area contributed by atoms with Gasteiger partial charge in [0.2, 0.25) is 5.78 Å². The summed E-state index contributed by atoms with van der Waals surface area (Å²) in [6.45, 7) is 0.104. The van der Waals surface area contributed by atoms with Crippen LogP contribution in [0.3, 0.4) is 0 Å². The Morgan fingerprint density at radius 1 is 1.04 bits per heavy atom. The van der Waals surface area contributed by atoms with Crippen molar-refractivity contribution >= 4 is 39.9 Å². The molecule has 0 aliphatic rings. The summed E-state index contributed by atoms with van der Waals surface area (Å²) in [7, 11) is 1.66. The number of para-hydroxylation sites is 2. The number of aromatic nitrogens is 4. The average molecular weight is 375 g/mol. The molecule has 4 aromatic rings. The average Bonchev–Trinajstić information content (AvgIpc) is 3.03. The molecule has 25 heavy (non-hydrogen) atoms. The standard InChI is InChI=1S/C17H12Cl2N4O2/c1-22-16(24)10-5-2-3-8-13(10)23-14(20-21-17(22)23)9-25-15-11(18)6-4-7-12(15)19/h2-8H,9H2,1H3. The van der Waals surface area contributed by atoms with Crippen LogP contribution in [0.1, 0.15) is 5.82 Å². The Morgan fingerprint density at radius 2 is 1.76 bits per heavy atom. The third kappa shape index (κ3) is 2.54. The molecule has 0 spiro atoms. The second-order valence-corrected chi connectivity index (χ2v) is 6.29. The summed E-state index contributed by atoms with van der Waals surface area (Å²) < 4.78 is 9.02. The van der Waals surface area contributed by atoms with Crippen molar-refractivity contribution in [3.63, 3.8) is 0 Å².